The van der Waals surface area contributed by atoms with Crippen LogP contribution in [0, 0.1) is 5.92 Å². The first-order valence-electron chi connectivity index (χ1n) is 9.42. The Morgan fingerprint density at radius 2 is 1.79 bits per heavy atom. The van der Waals surface area contributed by atoms with Gasteiger partial charge in [-0.05, 0) is 36.3 Å². The van der Waals surface area contributed by atoms with Gasteiger partial charge in [0.15, 0.2) is 0 Å². The van der Waals surface area contributed by atoms with E-state index in [1.54, 1.807) is 18.7 Å². The zero-order valence-corrected chi connectivity index (χ0v) is 17.5. The summed E-state index contributed by atoms with van der Waals surface area (Å²) < 4.78 is 0. The van der Waals surface area contributed by atoms with Gasteiger partial charge in [-0.25, -0.2) is 4.79 Å². The van der Waals surface area contributed by atoms with Gasteiger partial charge in [0, 0.05) is 0 Å². The SMILES string of the molecule is CCC(C)C(NC(=O)C(CCSC)NC(=O)C(N)Cc1ccccc1)C(=O)O. The topological polar surface area (TPSA) is 122 Å². The Bertz CT molecular complexity index is 642. The van der Waals surface area contributed by atoms with Crippen molar-refractivity contribution in [3.63, 3.8) is 0 Å². The highest BCUT2D eigenvalue weighted by molar-refractivity contribution is 7.98. The first-order valence-corrected chi connectivity index (χ1v) is 10.8. The van der Waals surface area contributed by atoms with Crippen LogP contribution in [-0.2, 0) is 20.8 Å². The summed E-state index contributed by atoms with van der Waals surface area (Å²) in [5, 5.41) is 14.6. The number of carbonyl (C=O) groups excluding carboxylic acids is 2. The van der Waals surface area contributed by atoms with Crippen LogP contribution in [0.1, 0.15) is 32.3 Å². The van der Waals surface area contributed by atoms with Crippen LogP contribution in [0.3, 0.4) is 0 Å². The molecule has 156 valence electrons. The number of amides is 2. The highest BCUT2D eigenvalue weighted by Gasteiger charge is 2.30. The molecule has 1 aromatic carbocycles. The van der Waals surface area contributed by atoms with E-state index in [-0.39, 0.29) is 5.92 Å². The molecule has 0 aromatic heterocycles. The number of hydrogen-bond acceptors (Lipinski definition) is 5. The zero-order chi connectivity index (χ0) is 21.1. The van der Waals surface area contributed by atoms with Crippen LogP contribution < -0.4 is 16.4 Å². The predicted molar refractivity (Wildman–Crippen MR) is 112 cm³/mol. The van der Waals surface area contributed by atoms with Gasteiger partial charge >= 0.3 is 5.97 Å². The standard InChI is InChI=1S/C20H31N3O4S/c1-4-13(2)17(20(26)27)23-19(25)16(10-11-28-3)22-18(24)15(21)12-14-8-6-5-7-9-14/h5-9,13,15-17H,4,10-12,21H2,1-3H3,(H,22,24)(H,23,25)(H,26,27). The zero-order valence-electron chi connectivity index (χ0n) is 16.7. The van der Waals surface area contributed by atoms with Crippen molar-refractivity contribution in [3.8, 4) is 0 Å². The van der Waals surface area contributed by atoms with Gasteiger partial charge in [0.2, 0.25) is 11.8 Å². The molecule has 7 nitrogen and oxygen atoms in total. The van der Waals surface area contributed by atoms with Gasteiger partial charge in [0.1, 0.15) is 12.1 Å². The minimum atomic E-state index is -1.08. The maximum atomic E-state index is 12.7. The first kappa shape index (κ1) is 24.0. The Balaban J connectivity index is 2.78. The molecule has 0 aliphatic heterocycles. The van der Waals surface area contributed by atoms with Crippen molar-refractivity contribution < 1.29 is 19.5 Å². The molecular formula is C20H31N3O4S. The lowest BCUT2D eigenvalue weighted by molar-refractivity contribution is -0.143. The maximum Gasteiger partial charge on any atom is 0.326 e. The van der Waals surface area contributed by atoms with Gasteiger partial charge in [-0.1, -0.05) is 50.6 Å². The quantitative estimate of drug-likeness (QED) is 0.414. The second-order valence-corrected chi connectivity index (χ2v) is 7.83. The fourth-order valence-electron chi connectivity index (χ4n) is 2.68. The lowest BCUT2D eigenvalue weighted by Crippen LogP contribution is -2.56. The minimum Gasteiger partial charge on any atom is -0.480 e. The summed E-state index contributed by atoms with van der Waals surface area (Å²) in [6, 6.07) is 6.77. The van der Waals surface area contributed by atoms with Crippen LogP contribution in [-0.4, -0.2) is 53.0 Å². The van der Waals surface area contributed by atoms with Gasteiger partial charge in [-0.15, -0.1) is 0 Å². The van der Waals surface area contributed by atoms with Gasteiger partial charge in [0.05, 0.1) is 6.04 Å². The van der Waals surface area contributed by atoms with E-state index in [1.807, 2.05) is 43.5 Å². The number of carboxylic acid groups (broad SMARTS) is 1. The van der Waals surface area contributed by atoms with Crippen LogP contribution in [0.4, 0.5) is 0 Å². The minimum absolute atomic E-state index is 0.223. The molecule has 0 radical (unpaired) electrons. The number of nitrogens with one attached hydrogen (secondary N) is 2. The molecule has 0 aliphatic carbocycles. The maximum absolute atomic E-state index is 12.7. The average molecular weight is 410 g/mol. The molecule has 0 saturated heterocycles. The normalized spacial score (nSPS) is 15.1. The Kier molecular flexibility index (Phi) is 10.6. The van der Waals surface area contributed by atoms with E-state index in [9.17, 15) is 19.5 Å². The smallest absolute Gasteiger partial charge is 0.326 e. The number of nitrogens with two attached hydrogens (primary N) is 1. The van der Waals surface area contributed by atoms with E-state index in [2.05, 4.69) is 10.6 Å². The predicted octanol–water partition coefficient (Wildman–Crippen LogP) is 1.41. The third-order valence-corrected chi connectivity index (χ3v) is 5.30. The highest BCUT2D eigenvalue weighted by Crippen LogP contribution is 2.10. The number of carbonyl (C=O) groups is 3. The summed E-state index contributed by atoms with van der Waals surface area (Å²) in [7, 11) is 0. The Morgan fingerprint density at radius 3 is 2.32 bits per heavy atom. The molecule has 0 bridgehead atoms. The van der Waals surface area contributed by atoms with Crippen LogP contribution in [0.15, 0.2) is 30.3 Å². The van der Waals surface area contributed by atoms with E-state index in [1.165, 1.54) is 0 Å². The molecule has 28 heavy (non-hydrogen) atoms. The fraction of sp³-hybridized carbons (Fsp3) is 0.550. The molecular weight excluding hydrogens is 378 g/mol. The molecule has 5 N–H and O–H groups in total. The molecule has 0 spiro atoms. The summed E-state index contributed by atoms with van der Waals surface area (Å²) in [5.41, 5.74) is 6.93. The first-order chi connectivity index (χ1) is 13.3. The number of carboxylic acids is 1. The van der Waals surface area contributed by atoms with Crippen molar-refractivity contribution in [2.75, 3.05) is 12.0 Å². The molecule has 0 heterocycles. The highest BCUT2D eigenvalue weighted by atomic mass is 32.2. The van der Waals surface area contributed by atoms with Crippen molar-refractivity contribution in [3.05, 3.63) is 35.9 Å². The Labute approximate surface area is 170 Å². The third kappa shape index (κ3) is 7.90. The lowest BCUT2D eigenvalue weighted by Gasteiger charge is -2.25. The van der Waals surface area contributed by atoms with Crippen LogP contribution in [0.2, 0.25) is 0 Å². The van der Waals surface area contributed by atoms with Crippen molar-refractivity contribution in [1.29, 1.82) is 0 Å². The number of benzene rings is 1. The number of thioether (sulfide) groups is 1. The number of aliphatic carboxylic acids is 1. The molecule has 8 heteroatoms. The van der Waals surface area contributed by atoms with Gasteiger partial charge in [-0.2, -0.15) is 11.8 Å². The molecule has 4 unspecified atom stereocenters. The van der Waals surface area contributed by atoms with E-state index >= 15 is 0 Å². The summed E-state index contributed by atoms with van der Waals surface area (Å²) in [6.07, 6.45) is 3.26. The van der Waals surface area contributed by atoms with E-state index in [0.717, 1.165) is 5.56 Å². The second kappa shape index (κ2) is 12.4. The molecule has 0 aliphatic rings. The van der Waals surface area contributed by atoms with Gasteiger partial charge in [0.25, 0.3) is 0 Å². The van der Waals surface area contributed by atoms with E-state index in [4.69, 9.17) is 5.73 Å². The summed E-state index contributed by atoms with van der Waals surface area (Å²) >= 11 is 1.54. The average Bonchev–Trinajstić information content (AvgIpc) is 2.68. The lowest BCUT2D eigenvalue weighted by atomic mass is 9.98. The largest absolute Gasteiger partial charge is 0.480 e. The van der Waals surface area contributed by atoms with E-state index < -0.39 is 35.9 Å². The summed E-state index contributed by atoms with van der Waals surface area (Å²) in [5.74, 6) is -1.59. The van der Waals surface area contributed by atoms with Crippen molar-refractivity contribution in [2.45, 2.75) is 51.2 Å². The molecule has 2 amide bonds. The second-order valence-electron chi connectivity index (χ2n) is 6.85. The van der Waals surface area contributed by atoms with Gasteiger partial charge < -0.3 is 21.5 Å². The molecule has 0 saturated carbocycles. The van der Waals surface area contributed by atoms with Crippen LogP contribution in [0.5, 0.6) is 0 Å². The van der Waals surface area contributed by atoms with Crippen LogP contribution >= 0.6 is 11.8 Å². The number of rotatable bonds is 12. The van der Waals surface area contributed by atoms with E-state index in [0.29, 0.717) is 25.0 Å². The van der Waals surface area contributed by atoms with Crippen molar-refractivity contribution in [1.82, 2.24) is 10.6 Å². The third-order valence-electron chi connectivity index (χ3n) is 4.66. The molecule has 4 atom stereocenters. The Morgan fingerprint density at radius 1 is 1.14 bits per heavy atom. The fourth-order valence-corrected chi connectivity index (χ4v) is 3.15. The molecule has 1 aromatic rings. The monoisotopic (exact) mass is 409 g/mol. The summed E-state index contributed by atoms with van der Waals surface area (Å²) in [4.78, 5) is 36.6. The molecule has 1 rings (SSSR count). The van der Waals surface area contributed by atoms with Crippen molar-refractivity contribution >= 4 is 29.5 Å². The Hall–Kier alpha value is -2.06. The number of hydrogen-bond donors (Lipinski definition) is 4. The van der Waals surface area contributed by atoms with Gasteiger partial charge in [-0.3, -0.25) is 9.59 Å². The van der Waals surface area contributed by atoms with Crippen LogP contribution in [0.25, 0.3) is 0 Å². The van der Waals surface area contributed by atoms with Crippen molar-refractivity contribution in [2.24, 2.45) is 11.7 Å². The molecule has 0 fully saturated rings. The summed E-state index contributed by atoms with van der Waals surface area (Å²) in [6.45, 7) is 3.63.